The second kappa shape index (κ2) is 19.9. The average Bonchev–Trinajstić information content (AvgIpc) is 3.76. The number of aromatic amines is 1. The Labute approximate surface area is 345 Å². The number of aromatic nitrogens is 5. The van der Waals surface area contributed by atoms with Gasteiger partial charge in [-0.1, -0.05) is 24.3 Å². The van der Waals surface area contributed by atoms with Crippen LogP contribution in [0.15, 0.2) is 60.8 Å². The SMILES string of the molecule is Cc1cc(N2CCOCC2)ncc1-c1ccc(C[C@H](N)C(=O)N(C(=O)C2CCC(CNC(=O)OC(C)(C)C)CC2)c2ccc(-c3nn[nH]n3)cc2)cc1.O=C(O)C(F)(F)F. The Bertz CT molecular complexity index is 2060. The van der Waals surface area contributed by atoms with E-state index in [2.05, 4.69) is 43.8 Å². The number of pyridine rings is 1. The number of tetrazole rings is 1. The number of aryl methyl sites for hydroxylation is 1. The number of nitrogens with one attached hydrogen (secondary N) is 2. The molecule has 2 fully saturated rings. The van der Waals surface area contributed by atoms with Crippen LogP contribution in [0, 0.1) is 18.8 Å². The Hall–Kier alpha value is -5.95. The molecule has 1 saturated carbocycles. The maximum absolute atomic E-state index is 14.2. The standard InChI is InChI=1S/C39H49N9O5.C2HF3O2/c1-25-21-34(47-17-19-52-20-18-47)41-24-32(25)28-9-5-26(6-10-28)22-33(40)37(50)48(31-15-13-29(14-16-31)35-43-45-46-44-35)36(49)30-11-7-27(8-12-30)23-42-38(51)53-39(2,3)4;3-2(4,5)1(6)7/h5-6,9-10,13-16,21,24,27,30,33H,7-8,11-12,17-20,22-23,40H2,1-4H3,(H,42,51)(H,43,44,45,46);(H,6,7)/t27?,30?,33-;/m0./s1. The Morgan fingerprint density at radius 2 is 1.62 bits per heavy atom. The fourth-order valence-corrected chi connectivity index (χ4v) is 6.88. The number of carboxylic acid groups (broad SMARTS) is 1. The molecule has 3 amide bonds. The molecule has 0 radical (unpaired) electrons. The van der Waals surface area contributed by atoms with Crippen molar-refractivity contribution in [3.8, 4) is 22.5 Å². The highest BCUT2D eigenvalue weighted by atomic mass is 19.4. The molecule has 60 heavy (non-hydrogen) atoms. The quantitative estimate of drug-likeness (QED) is 0.156. The van der Waals surface area contributed by atoms with Gasteiger partial charge < -0.3 is 30.5 Å². The number of hydrogen-bond donors (Lipinski definition) is 4. The molecule has 6 rings (SSSR count). The molecular weight excluding hydrogens is 788 g/mol. The van der Waals surface area contributed by atoms with Crippen molar-refractivity contribution in [2.75, 3.05) is 42.6 Å². The molecular formula is C41H50F3N9O7. The topological polar surface area (TPSA) is 219 Å². The lowest BCUT2D eigenvalue weighted by Crippen LogP contribution is -2.50. The number of anilines is 2. The van der Waals surface area contributed by atoms with E-state index in [4.69, 9.17) is 30.1 Å². The molecule has 2 aliphatic rings. The molecule has 4 aromatic rings. The molecule has 1 aliphatic carbocycles. The van der Waals surface area contributed by atoms with Gasteiger partial charge in [0.05, 0.1) is 24.9 Å². The van der Waals surface area contributed by atoms with Crippen LogP contribution in [0.4, 0.5) is 29.5 Å². The lowest BCUT2D eigenvalue weighted by atomic mass is 9.81. The highest BCUT2D eigenvalue weighted by molar-refractivity contribution is 6.17. The molecule has 16 nitrogen and oxygen atoms in total. The van der Waals surface area contributed by atoms with E-state index < -0.39 is 35.8 Å². The summed E-state index contributed by atoms with van der Waals surface area (Å²) >= 11 is 0. The normalized spacial score (nSPS) is 17.4. The van der Waals surface area contributed by atoms with E-state index in [0.717, 1.165) is 54.0 Å². The highest BCUT2D eigenvalue weighted by Crippen LogP contribution is 2.33. The molecule has 0 spiro atoms. The highest BCUT2D eigenvalue weighted by Gasteiger charge is 2.38. The Morgan fingerprint density at radius 3 is 2.17 bits per heavy atom. The number of hydrogen-bond acceptors (Lipinski definition) is 12. The first-order valence-electron chi connectivity index (χ1n) is 19.5. The number of nitrogens with two attached hydrogens (primary N) is 1. The summed E-state index contributed by atoms with van der Waals surface area (Å²) < 4.78 is 42.6. The molecule has 19 heteroatoms. The summed E-state index contributed by atoms with van der Waals surface area (Å²) in [5.41, 5.74) is 11.2. The van der Waals surface area contributed by atoms with Crippen LogP contribution in [0.2, 0.25) is 0 Å². The zero-order valence-corrected chi connectivity index (χ0v) is 33.9. The van der Waals surface area contributed by atoms with Gasteiger partial charge in [-0.3, -0.25) is 9.59 Å². The van der Waals surface area contributed by atoms with E-state index in [0.29, 0.717) is 49.7 Å². The van der Waals surface area contributed by atoms with Crippen molar-refractivity contribution in [1.29, 1.82) is 0 Å². The summed E-state index contributed by atoms with van der Waals surface area (Å²) in [6.07, 6.45) is -0.748. The third-order valence-corrected chi connectivity index (χ3v) is 10.0. The average molecular weight is 838 g/mol. The van der Waals surface area contributed by atoms with E-state index in [1.165, 1.54) is 4.90 Å². The van der Waals surface area contributed by atoms with Crippen molar-refractivity contribution < 1.29 is 46.9 Å². The molecule has 2 aromatic carbocycles. The Kier molecular flexibility index (Phi) is 14.9. The molecule has 322 valence electrons. The van der Waals surface area contributed by atoms with Crippen LogP contribution in [0.5, 0.6) is 0 Å². The smallest absolute Gasteiger partial charge is 0.475 e. The van der Waals surface area contributed by atoms with E-state index in [9.17, 15) is 27.6 Å². The van der Waals surface area contributed by atoms with Crippen molar-refractivity contribution in [3.05, 3.63) is 71.9 Å². The largest absolute Gasteiger partial charge is 0.490 e. The molecule has 1 saturated heterocycles. The van der Waals surface area contributed by atoms with E-state index >= 15 is 0 Å². The zero-order chi connectivity index (χ0) is 43.6. The number of rotatable bonds is 10. The van der Waals surface area contributed by atoms with Crippen molar-refractivity contribution in [2.45, 2.75) is 77.6 Å². The Morgan fingerprint density at radius 1 is 1.00 bits per heavy atom. The molecule has 5 N–H and O–H groups in total. The lowest BCUT2D eigenvalue weighted by molar-refractivity contribution is -0.192. The number of carboxylic acids is 1. The van der Waals surface area contributed by atoms with Crippen LogP contribution >= 0.6 is 0 Å². The summed E-state index contributed by atoms with van der Waals surface area (Å²) in [4.78, 5) is 57.6. The molecule has 0 bridgehead atoms. The van der Waals surface area contributed by atoms with Crippen LogP contribution in [0.25, 0.3) is 22.5 Å². The number of H-pyrrole nitrogens is 1. The number of imide groups is 1. The van der Waals surface area contributed by atoms with Gasteiger partial charge in [-0.25, -0.2) is 19.5 Å². The summed E-state index contributed by atoms with van der Waals surface area (Å²) in [5.74, 6) is -2.33. The minimum absolute atomic E-state index is 0.206. The third-order valence-electron chi connectivity index (χ3n) is 10.0. The second-order valence-electron chi connectivity index (χ2n) is 15.7. The summed E-state index contributed by atoms with van der Waals surface area (Å²) in [6, 6.07) is 16.0. The van der Waals surface area contributed by atoms with Gasteiger partial charge in [0, 0.05) is 42.9 Å². The van der Waals surface area contributed by atoms with Crippen LogP contribution in [-0.4, -0.2) is 105 Å². The number of halogens is 3. The predicted octanol–water partition coefficient (Wildman–Crippen LogP) is 5.47. The number of aliphatic carboxylic acids is 1. The van der Waals surface area contributed by atoms with E-state index in [-0.39, 0.29) is 24.2 Å². The number of carbonyl (C=O) groups is 4. The minimum Gasteiger partial charge on any atom is -0.475 e. The number of carbonyl (C=O) groups excluding carboxylic acids is 3. The molecule has 3 heterocycles. The fraction of sp³-hybridized carbons (Fsp3) is 0.463. The fourth-order valence-electron chi connectivity index (χ4n) is 6.88. The van der Waals surface area contributed by atoms with Crippen LogP contribution < -0.4 is 20.9 Å². The number of amides is 3. The molecule has 1 aliphatic heterocycles. The zero-order valence-electron chi connectivity index (χ0n) is 33.9. The number of nitrogens with zero attached hydrogens (tertiary/aromatic N) is 6. The number of alkyl halides is 3. The first-order chi connectivity index (χ1) is 28.4. The van der Waals surface area contributed by atoms with Crippen molar-refractivity contribution in [1.82, 2.24) is 30.9 Å². The summed E-state index contributed by atoms with van der Waals surface area (Å²) in [5, 5.41) is 24.1. The molecule has 2 aromatic heterocycles. The number of alkyl carbamates (subject to hydrolysis) is 1. The van der Waals surface area contributed by atoms with Crippen LogP contribution in [0.1, 0.15) is 57.6 Å². The molecule has 0 unspecified atom stereocenters. The first-order valence-corrected chi connectivity index (χ1v) is 19.5. The lowest BCUT2D eigenvalue weighted by Gasteiger charge is -2.32. The Balaban J connectivity index is 0.000000896. The van der Waals surface area contributed by atoms with Gasteiger partial charge in [0.1, 0.15) is 11.4 Å². The van der Waals surface area contributed by atoms with E-state index in [1.54, 1.807) is 24.3 Å². The predicted molar refractivity (Wildman–Crippen MR) is 215 cm³/mol. The van der Waals surface area contributed by atoms with Crippen LogP contribution in [0.3, 0.4) is 0 Å². The number of morpholine rings is 1. The number of ether oxygens (including phenoxy) is 2. The van der Waals surface area contributed by atoms with Gasteiger partial charge in [-0.05, 0) is 118 Å². The minimum atomic E-state index is -5.08. The third kappa shape index (κ3) is 12.5. The summed E-state index contributed by atoms with van der Waals surface area (Å²) in [6.45, 7) is 11.1. The van der Waals surface area contributed by atoms with E-state index in [1.807, 2.05) is 51.2 Å². The maximum Gasteiger partial charge on any atom is 0.490 e. The van der Waals surface area contributed by atoms with Gasteiger partial charge in [0.2, 0.25) is 11.7 Å². The van der Waals surface area contributed by atoms with Gasteiger partial charge in [0.25, 0.3) is 5.91 Å². The van der Waals surface area contributed by atoms with Gasteiger partial charge in [-0.15, -0.1) is 10.2 Å². The second-order valence-corrected chi connectivity index (χ2v) is 15.7. The molecule has 1 atom stereocenters. The summed E-state index contributed by atoms with van der Waals surface area (Å²) in [7, 11) is 0. The number of benzene rings is 2. The van der Waals surface area contributed by atoms with Gasteiger partial charge >= 0.3 is 18.2 Å². The van der Waals surface area contributed by atoms with Crippen molar-refractivity contribution >= 4 is 35.4 Å². The monoisotopic (exact) mass is 837 g/mol. The van der Waals surface area contributed by atoms with Crippen LogP contribution in [-0.2, 0) is 30.3 Å². The van der Waals surface area contributed by atoms with Crippen molar-refractivity contribution in [3.63, 3.8) is 0 Å². The van der Waals surface area contributed by atoms with Gasteiger partial charge in [-0.2, -0.15) is 18.4 Å². The van der Waals surface area contributed by atoms with Gasteiger partial charge in [0.15, 0.2) is 0 Å². The maximum atomic E-state index is 14.2. The van der Waals surface area contributed by atoms with Crippen molar-refractivity contribution in [2.24, 2.45) is 17.6 Å². The first kappa shape index (κ1) is 45.1.